The van der Waals surface area contributed by atoms with Crippen molar-refractivity contribution in [1.82, 2.24) is 9.88 Å². The molecule has 0 unspecified atom stereocenters. The summed E-state index contributed by atoms with van der Waals surface area (Å²) in [5.74, 6) is -1.40. The van der Waals surface area contributed by atoms with Gasteiger partial charge in [0.2, 0.25) is 10.0 Å². The normalized spacial score (nSPS) is 13.4. The van der Waals surface area contributed by atoms with Crippen LogP contribution >= 0.6 is 0 Å². The van der Waals surface area contributed by atoms with Crippen molar-refractivity contribution in [1.29, 1.82) is 0 Å². The topological polar surface area (TPSA) is 72.2 Å². The molecule has 114 valence electrons. The molecule has 1 atom stereocenters. The summed E-state index contributed by atoms with van der Waals surface area (Å²) in [4.78, 5) is -0.0723. The van der Waals surface area contributed by atoms with Gasteiger partial charge in [-0.15, -0.1) is 0 Å². The highest BCUT2D eigenvalue weighted by atomic mass is 32.2. The maximum absolute atomic E-state index is 13.7. The Labute approximate surface area is 121 Å². The fourth-order valence-corrected chi connectivity index (χ4v) is 3.62. The van der Waals surface area contributed by atoms with Crippen molar-refractivity contribution in [3.63, 3.8) is 0 Å². The Morgan fingerprint density at radius 1 is 1.29 bits per heavy atom. The third-order valence-corrected chi connectivity index (χ3v) is 4.78. The summed E-state index contributed by atoms with van der Waals surface area (Å²) >= 11 is 0. The smallest absolute Gasteiger partial charge is 0.246 e. The second-order valence-corrected chi connectivity index (χ2v) is 6.31. The van der Waals surface area contributed by atoms with E-state index in [1.165, 1.54) is 26.8 Å². The Balaban J connectivity index is 2.32. The summed E-state index contributed by atoms with van der Waals surface area (Å²) in [5.41, 5.74) is 0.263. The number of halogens is 2. The highest BCUT2D eigenvalue weighted by molar-refractivity contribution is 7.89. The average molecular weight is 316 g/mol. The van der Waals surface area contributed by atoms with Crippen molar-refractivity contribution in [3.05, 3.63) is 46.9 Å². The van der Waals surface area contributed by atoms with Crippen molar-refractivity contribution in [2.24, 2.45) is 0 Å². The van der Waals surface area contributed by atoms with Crippen molar-refractivity contribution in [3.8, 4) is 0 Å². The van der Waals surface area contributed by atoms with Crippen LogP contribution in [-0.4, -0.2) is 13.6 Å². The highest BCUT2D eigenvalue weighted by Gasteiger charge is 2.27. The SMILES string of the molecule is Cc1noc(C)c1S(=O)(=O)N[C@@H](C)c1ccc(F)cc1F. The van der Waals surface area contributed by atoms with E-state index in [4.69, 9.17) is 4.52 Å². The number of sulfonamides is 1. The zero-order valence-corrected chi connectivity index (χ0v) is 12.5. The molecule has 21 heavy (non-hydrogen) atoms. The molecule has 0 aliphatic rings. The minimum Gasteiger partial charge on any atom is -0.360 e. The van der Waals surface area contributed by atoms with E-state index in [-0.39, 0.29) is 21.9 Å². The van der Waals surface area contributed by atoms with E-state index in [1.807, 2.05) is 0 Å². The number of rotatable bonds is 4. The number of nitrogens with one attached hydrogen (secondary N) is 1. The van der Waals surface area contributed by atoms with Gasteiger partial charge in [0.25, 0.3) is 0 Å². The molecule has 8 heteroatoms. The minimum absolute atomic E-state index is 0.0479. The lowest BCUT2D eigenvalue weighted by atomic mass is 10.1. The largest absolute Gasteiger partial charge is 0.360 e. The van der Waals surface area contributed by atoms with Gasteiger partial charge in [-0.2, -0.15) is 0 Å². The molecular formula is C13H14F2N2O3S. The van der Waals surface area contributed by atoms with Crippen LogP contribution in [0.25, 0.3) is 0 Å². The lowest BCUT2D eigenvalue weighted by Crippen LogP contribution is -2.28. The van der Waals surface area contributed by atoms with E-state index >= 15 is 0 Å². The van der Waals surface area contributed by atoms with Gasteiger partial charge in [-0.05, 0) is 26.8 Å². The predicted octanol–water partition coefficient (Wildman–Crippen LogP) is 2.61. The number of hydrogen-bond donors (Lipinski definition) is 1. The maximum Gasteiger partial charge on any atom is 0.246 e. The van der Waals surface area contributed by atoms with E-state index in [0.717, 1.165) is 6.07 Å². The van der Waals surface area contributed by atoms with Gasteiger partial charge in [-0.3, -0.25) is 0 Å². The molecule has 1 heterocycles. The Morgan fingerprint density at radius 2 is 1.95 bits per heavy atom. The lowest BCUT2D eigenvalue weighted by Gasteiger charge is -2.15. The number of nitrogens with zero attached hydrogens (tertiary/aromatic N) is 1. The van der Waals surface area contributed by atoms with Gasteiger partial charge in [0.05, 0.1) is 0 Å². The van der Waals surface area contributed by atoms with Gasteiger partial charge in [-0.25, -0.2) is 21.9 Å². The molecule has 0 bridgehead atoms. The van der Waals surface area contributed by atoms with Crippen LogP contribution in [-0.2, 0) is 10.0 Å². The van der Waals surface area contributed by atoms with E-state index < -0.39 is 27.7 Å². The number of aryl methyl sites for hydroxylation is 2. The van der Waals surface area contributed by atoms with Crippen LogP contribution < -0.4 is 4.72 Å². The van der Waals surface area contributed by atoms with E-state index in [2.05, 4.69) is 9.88 Å². The van der Waals surface area contributed by atoms with E-state index in [9.17, 15) is 17.2 Å². The Kier molecular flexibility index (Phi) is 4.11. The predicted molar refractivity (Wildman–Crippen MR) is 71.1 cm³/mol. The first-order valence-electron chi connectivity index (χ1n) is 6.12. The fourth-order valence-electron chi connectivity index (χ4n) is 2.07. The zero-order valence-electron chi connectivity index (χ0n) is 11.6. The number of benzene rings is 1. The molecule has 0 saturated carbocycles. The molecular weight excluding hydrogens is 302 g/mol. The summed E-state index contributed by atoms with van der Waals surface area (Å²) < 4.78 is 58.3. The van der Waals surface area contributed by atoms with Crippen LogP contribution in [0.5, 0.6) is 0 Å². The van der Waals surface area contributed by atoms with Gasteiger partial charge < -0.3 is 4.52 Å². The standard InChI is InChI=1S/C13H14F2N2O3S/c1-7(11-5-4-10(14)6-12(11)15)17-21(18,19)13-8(2)16-20-9(13)3/h4-7,17H,1-3H3/t7-/m0/s1. The van der Waals surface area contributed by atoms with Crippen molar-refractivity contribution in [2.75, 3.05) is 0 Å². The van der Waals surface area contributed by atoms with Crippen LogP contribution in [0, 0.1) is 25.5 Å². The van der Waals surface area contributed by atoms with Crippen molar-refractivity contribution in [2.45, 2.75) is 31.7 Å². The molecule has 2 rings (SSSR count). The molecule has 0 aliphatic carbocycles. The average Bonchev–Trinajstić information content (AvgIpc) is 2.68. The Morgan fingerprint density at radius 3 is 2.48 bits per heavy atom. The van der Waals surface area contributed by atoms with Gasteiger partial charge in [0.15, 0.2) is 5.76 Å². The molecule has 0 aliphatic heterocycles. The molecule has 2 aromatic rings. The zero-order chi connectivity index (χ0) is 15.8. The molecule has 0 saturated heterocycles. The number of hydrogen-bond acceptors (Lipinski definition) is 4. The minimum atomic E-state index is -3.92. The molecule has 0 radical (unpaired) electrons. The molecule has 1 aromatic carbocycles. The molecule has 0 spiro atoms. The van der Waals surface area contributed by atoms with Gasteiger partial charge in [0.1, 0.15) is 22.2 Å². The third kappa shape index (κ3) is 3.11. The first kappa shape index (κ1) is 15.6. The summed E-state index contributed by atoms with van der Waals surface area (Å²) in [6, 6.07) is 2.10. The van der Waals surface area contributed by atoms with Crippen LogP contribution in [0.3, 0.4) is 0 Å². The Hall–Kier alpha value is -1.80. The van der Waals surface area contributed by atoms with Gasteiger partial charge in [0, 0.05) is 17.7 Å². The maximum atomic E-state index is 13.7. The summed E-state index contributed by atoms with van der Waals surface area (Å²) in [6.07, 6.45) is 0. The quantitative estimate of drug-likeness (QED) is 0.941. The first-order chi connectivity index (χ1) is 9.72. The molecule has 0 fully saturated rings. The molecule has 1 N–H and O–H groups in total. The second-order valence-electron chi connectivity index (χ2n) is 4.66. The molecule has 5 nitrogen and oxygen atoms in total. The molecule has 0 amide bonds. The van der Waals surface area contributed by atoms with Gasteiger partial charge >= 0.3 is 0 Å². The summed E-state index contributed by atoms with van der Waals surface area (Å²) in [5, 5.41) is 3.57. The highest BCUT2D eigenvalue weighted by Crippen LogP contribution is 2.23. The number of aromatic nitrogens is 1. The van der Waals surface area contributed by atoms with Crippen molar-refractivity contribution < 1.29 is 21.7 Å². The van der Waals surface area contributed by atoms with E-state index in [1.54, 1.807) is 0 Å². The first-order valence-corrected chi connectivity index (χ1v) is 7.61. The monoisotopic (exact) mass is 316 g/mol. The van der Waals surface area contributed by atoms with E-state index in [0.29, 0.717) is 6.07 Å². The van der Waals surface area contributed by atoms with Crippen LogP contribution in [0.1, 0.15) is 30.0 Å². The second kappa shape index (κ2) is 5.53. The molecule has 1 aromatic heterocycles. The lowest BCUT2D eigenvalue weighted by molar-refractivity contribution is 0.390. The Bertz CT molecular complexity index is 752. The van der Waals surface area contributed by atoms with Crippen LogP contribution in [0.15, 0.2) is 27.6 Å². The van der Waals surface area contributed by atoms with Crippen molar-refractivity contribution >= 4 is 10.0 Å². The van der Waals surface area contributed by atoms with Crippen LogP contribution in [0.2, 0.25) is 0 Å². The van der Waals surface area contributed by atoms with Gasteiger partial charge in [-0.1, -0.05) is 11.2 Å². The fraction of sp³-hybridized carbons (Fsp3) is 0.308. The summed E-state index contributed by atoms with van der Waals surface area (Å²) in [6.45, 7) is 4.43. The van der Waals surface area contributed by atoms with Crippen LogP contribution in [0.4, 0.5) is 8.78 Å². The summed E-state index contributed by atoms with van der Waals surface area (Å²) in [7, 11) is -3.92. The third-order valence-electron chi connectivity index (χ3n) is 3.00.